The number of nitrogens with one attached hydrogen (secondary N) is 6. The molecule has 14 N–H and O–H groups in total. The molecule has 3 rings (SSSR count). The lowest BCUT2D eigenvalue weighted by Gasteiger charge is -2.47. The van der Waals surface area contributed by atoms with Crippen LogP contribution in [0.3, 0.4) is 0 Å². The molecule has 16 atom stereocenters. The molecule has 27 nitrogen and oxygen atoms in total. The molecule has 362 valence electrons. The van der Waals surface area contributed by atoms with Crippen LogP contribution in [0.15, 0.2) is 0 Å². The Morgan fingerprint density at radius 1 is 0.703 bits per heavy atom. The second-order valence-electron chi connectivity index (χ2n) is 15.6. The molecular formula is C37H59N7O20. The van der Waals surface area contributed by atoms with Crippen LogP contribution in [-0.2, 0) is 66.8 Å². The van der Waals surface area contributed by atoms with E-state index in [0.29, 0.717) is 0 Å². The zero-order chi connectivity index (χ0) is 48.2. The first kappa shape index (κ1) is 53.2. The van der Waals surface area contributed by atoms with Crippen molar-refractivity contribution in [2.75, 3.05) is 13.2 Å². The van der Waals surface area contributed by atoms with Gasteiger partial charge in [0.05, 0.1) is 13.2 Å². The van der Waals surface area contributed by atoms with Crippen molar-refractivity contribution in [2.45, 2.75) is 164 Å². The molecule has 0 radical (unpaired) electrons. The van der Waals surface area contributed by atoms with E-state index in [1.807, 2.05) is 0 Å². The van der Waals surface area contributed by atoms with Crippen LogP contribution < -0.4 is 37.6 Å². The van der Waals surface area contributed by atoms with Gasteiger partial charge in [0.15, 0.2) is 12.6 Å². The first-order valence-electron chi connectivity index (χ1n) is 20.3. The summed E-state index contributed by atoms with van der Waals surface area (Å²) in [5.74, 6) is -9.14. The van der Waals surface area contributed by atoms with Crippen molar-refractivity contribution in [3.8, 4) is 0 Å². The number of nitrogens with two attached hydrogens (primary N) is 1. The third-order valence-corrected chi connectivity index (χ3v) is 10.4. The predicted molar refractivity (Wildman–Crippen MR) is 210 cm³/mol. The monoisotopic (exact) mass is 921 g/mol. The molecule has 0 aromatic rings. The average molecular weight is 922 g/mol. The highest BCUT2D eigenvalue weighted by molar-refractivity contribution is 5.92. The minimum Gasteiger partial charge on any atom is -0.480 e. The normalized spacial score (nSPS) is 29.0. The summed E-state index contributed by atoms with van der Waals surface area (Å²) in [6.07, 6.45) is -13.6. The first-order valence-corrected chi connectivity index (χ1v) is 20.3. The van der Waals surface area contributed by atoms with Crippen LogP contribution >= 0.6 is 0 Å². The quantitative estimate of drug-likeness (QED) is 0.0428. The van der Waals surface area contributed by atoms with Gasteiger partial charge in [-0.3, -0.25) is 38.4 Å². The van der Waals surface area contributed by atoms with Gasteiger partial charge in [0.2, 0.25) is 35.4 Å². The van der Waals surface area contributed by atoms with Gasteiger partial charge in [0.25, 0.3) is 0 Å². The third-order valence-electron chi connectivity index (χ3n) is 10.4. The molecule has 64 heavy (non-hydrogen) atoms. The lowest BCUT2D eigenvalue weighted by Crippen LogP contribution is -2.68. The average Bonchev–Trinajstić information content (AvgIpc) is 3.66. The Balaban J connectivity index is 1.69. The number of aliphatic hydroxyl groups is 3. The smallest absolute Gasteiger partial charge is 0.326 e. The molecule has 0 aliphatic carbocycles. The molecule has 0 aromatic heterocycles. The number of amides is 6. The summed E-state index contributed by atoms with van der Waals surface area (Å²) < 4.78 is 29.6. The van der Waals surface area contributed by atoms with E-state index in [2.05, 4.69) is 31.9 Å². The lowest BCUT2D eigenvalue weighted by molar-refractivity contribution is -0.313. The summed E-state index contributed by atoms with van der Waals surface area (Å²) >= 11 is 0. The highest BCUT2D eigenvalue weighted by Gasteiger charge is 2.56. The van der Waals surface area contributed by atoms with Gasteiger partial charge in [-0.25, -0.2) is 4.79 Å². The Morgan fingerprint density at radius 3 is 1.91 bits per heavy atom. The SMILES string of the molecule is CC(=O)N[C@H]1[C@H](O[C@H]2[C@H](O[C@H](C)C(=O)N[C@@H](C)C(=O)N[C@@H](CCC(=O)NC(CCCC(N)C(=O)O)C(=O)N[C@@H](C)C(=O)O)C(=O)O)[C@@H](NC(C)=O)[C@@H]3OC[C@H]2O3)O[C@H](CO)[C@@H](O)[C@@H]1O. The molecule has 2 unspecified atom stereocenters. The van der Waals surface area contributed by atoms with Gasteiger partial charge in [-0.15, -0.1) is 0 Å². The van der Waals surface area contributed by atoms with Crippen LogP contribution in [-0.4, -0.2) is 195 Å². The summed E-state index contributed by atoms with van der Waals surface area (Å²) in [5, 5.41) is 73.3. The van der Waals surface area contributed by atoms with E-state index in [1.54, 1.807) is 0 Å². The fraction of sp³-hybridized carbons (Fsp3) is 0.757. The van der Waals surface area contributed by atoms with Crippen LogP contribution in [0.1, 0.15) is 66.7 Å². The van der Waals surface area contributed by atoms with E-state index in [1.165, 1.54) is 27.7 Å². The molecule has 27 heteroatoms. The predicted octanol–water partition coefficient (Wildman–Crippen LogP) is -6.14. The van der Waals surface area contributed by atoms with E-state index in [0.717, 1.165) is 6.92 Å². The molecule has 0 saturated carbocycles. The third kappa shape index (κ3) is 15.0. The lowest BCUT2D eigenvalue weighted by atomic mass is 9.95. The van der Waals surface area contributed by atoms with Crippen LogP contribution in [0.25, 0.3) is 0 Å². The number of hydrogen-bond acceptors (Lipinski definition) is 18. The van der Waals surface area contributed by atoms with Crippen molar-refractivity contribution < 1.29 is 97.5 Å². The molecule has 0 aromatic carbocycles. The topological polar surface area (TPSA) is 419 Å². The minimum absolute atomic E-state index is 0.0293. The van der Waals surface area contributed by atoms with Crippen molar-refractivity contribution >= 4 is 53.4 Å². The van der Waals surface area contributed by atoms with E-state index >= 15 is 0 Å². The Morgan fingerprint density at radius 2 is 1.33 bits per heavy atom. The summed E-state index contributed by atoms with van der Waals surface area (Å²) in [5.41, 5.74) is 5.50. The number of aliphatic carboxylic acids is 3. The van der Waals surface area contributed by atoms with Gasteiger partial charge in [-0.05, 0) is 46.5 Å². The van der Waals surface area contributed by atoms with Crippen molar-refractivity contribution in [2.24, 2.45) is 5.73 Å². The zero-order valence-corrected chi connectivity index (χ0v) is 35.7. The molecule has 3 aliphatic rings. The molecule has 2 bridgehead atoms. The number of aliphatic hydroxyl groups excluding tert-OH is 3. The Bertz CT molecular complexity index is 1710. The molecule has 6 amide bonds. The van der Waals surface area contributed by atoms with Crippen LogP contribution in [0.2, 0.25) is 0 Å². The van der Waals surface area contributed by atoms with E-state index in [4.69, 9.17) is 39.6 Å². The summed E-state index contributed by atoms with van der Waals surface area (Å²) in [7, 11) is 0. The Labute approximate surface area is 365 Å². The van der Waals surface area contributed by atoms with Gasteiger partial charge in [0, 0.05) is 20.3 Å². The summed E-state index contributed by atoms with van der Waals surface area (Å²) in [4.78, 5) is 111. The van der Waals surface area contributed by atoms with Gasteiger partial charge in [-0.1, -0.05) is 0 Å². The van der Waals surface area contributed by atoms with Crippen LogP contribution in [0, 0.1) is 0 Å². The number of rotatable bonds is 24. The first-order chi connectivity index (χ1) is 29.9. The van der Waals surface area contributed by atoms with Crippen molar-refractivity contribution in [1.82, 2.24) is 31.9 Å². The molecule has 3 aliphatic heterocycles. The van der Waals surface area contributed by atoms with E-state index < -0.39 is 170 Å². The van der Waals surface area contributed by atoms with Crippen molar-refractivity contribution in [3.05, 3.63) is 0 Å². The fourth-order valence-electron chi connectivity index (χ4n) is 6.93. The Kier molecular flexibility index (Phi) is 20.2. The van der Waals surface area contributed by atoms with Crippen molar-refractivity contribution in [1.29, 1.82) is 0 Å². The molecule has 3 heterocycles. The minimum atomic E-state index is -1.69. The maximum Gasteiger partial charge on any atom is 0.326 e. The zero-order valence-electron chi connectivity index (χ0n) is 35.7. The Hall–Kier alpha value is -5.13. The fourth-order valence-corrected chi connectivity index (χ4v) is 6.93. The highest BCUT2D eigenvalue weighted by Crippen LogP contribution is 2.35. The van der Waals surface area contributed by atoms with Gasteiger partial charge >= 0.3 is 17.9 Å². The number of carbonyl (C=O) groups excluding carboxylic acids is 6. The van der Waals surface area contributed by atoms with Crippen LogP contribution in [0.5, 0.6) is 0 Å². The van der Waals surface area contributed by atoms with E-state index in [-0.39, 0.29) is 25.9 Å². The van der Waals surface area contributed by atoms with Crippen molar-refractivity contribution in [3.63, 3.8) is 0 Å². The van der Waals surface area contributed by atoms with Crippen LogP contribution in [0.4, 0.5) is 0 Å². The maximum atomic E-state index is 13.5. The molecule has 0 spiro atoms. The van der Waals surface area contributed by atoms with Gasteiger partial charge in [0.1, 0.15) is 85.0 Å². The number of hydrogen-bond donors (Lipinski definition) is 13. The highest BCUT2D eigenvalue weighted by atomic mass is 16.8. The van der Waals surface area contributed by atoms with E-state index in [9.17, 15) is 63.6 Å². The molecule has 3 fully saturated rings. The number of carbonyl (C=O) groups is 9. The standard InChI is InChI=1S/C37H59N7O20/c1-13(30(51)44-20(35(58)59)9-10-23(48)43-19(8-6-7-18(38)34(56)57)32(53)40-14(2)33(54)55)39-31(52)15(3)61-29-25(42-17(5)47)36-60-12-22(63-36)28(29)64-37-24(41-16(4)46)27(50)26(49)21(11-45)62-37/h13-15,18-22,24-29,36-37,45,49-50H,6-12,38H2,1-5H3,(H,39,52)(H,40,53)(H,41,46)(H,42,47)(H,43,48)(H,44,51)(H,54,55)(H,56,57)(H,58,59)/t13-,14-,15+,18?,19?,20-,21+,22+,24+,25+,26+,27+,28+,29+,36+,37-/m0/s1. The number of carboxylic acid groups (broad SMARTS) is 3. The second-order valence-corrected chi connectivity index (χ2v) is 15.6. The number of ether oxygens (including phenoxy) is 5. The second kappa shape index (κ2) is 24.2. The largest absolute Gasteiger partial charge is 0.480 e. The molecule has 3 saturated heterocycles. The number of carboxylic acids is 3. The summed E-state index contributed by atoms with van der Waals surface area (Å²) in [6.45, 7) is 5.13. The maximum absolute atomic E-state index is 13.5. The van der Waals surface area contributed by atoms with Gasteiger partial charge < -0.3 is 92.0 Å². The summed E-state index contributed by atoms with van der Waals surface area (Å²) in [6, 6.07) is -9.62. The molecular weight excluding hydrogens is 862 g/mol. The van der Waals surface area contributed by atoms with Gasteiger partial charge in [-0.2, -0.15) is 0 Å². The number of fused-ring (bicyclic) bond motifs is 2.